The Morgan fingerprint density at radius 1 is 1.03 bits per heavy atom. The SMILES string of the molecule is CCOC(=O)C1(CCOc2ccccc2)CCN(Cc2cn(C)nc2-c2ccccc2)CC1. The van der Waals surface area contributed by atoms with E-state index >= 15 is 0 Å². The lowest BCUT2D eigenvalue weighted by Gasteiger charge is -2.39. The second-order valence-electron chi connectivity index (χ2n) is 8.73. The highest BCUT2D eigenvalue weighted by Crippen LogP contribution is 2.37. The first kappa shape index (κ1) is 23.1. The van der Waals surface area contributed by atoms with Gasteiger partial charge in [0.05, 0.1) is 24.3 Å². The lowest BCUT2D eigenvalue weighted by atomic mass is 9.75. The summed E-state index contributed by atoms with van der Waals surface area (Å²) in [5, 5.41) is 4.70. The van der Waals surface area contributed by atoms with Crippen LogP contribution in [0, 0.1) is 5.41 Å². The molecule has 2 aromatic carbocycles. The van der Waals surface area contributed by atoms with E-state index < -0.39 is 5.41 Å². The van der Waals surface area contributed by atoms with E-state index in [4.69, 9.17) is 14.6 Å². The molecule has 1 saturated heterocycles. The largest absolute Gasteiger partial charge is 0.494 e. The molecule has 0 bridgehead atoms. The molecule has 0 unspecified atom stereocenters. The summed E-state index contributed by atoms with van der Waals surface area (Å²) in [6, 6.07) is 20.1. The van der Waals surface area contributed by atoms with Crippen LogP contribution in [0.5, 0.6) is 5.75 Å². The number of benzene rings is 2. The lowest BCUT2D eigenvalue weighted by Crippen LogP contribution is -2.45. The summed E-state index contributed by atoms with van der Waals surface area (Å²) < 4.78 is 13.3. The molecular weight excluding hydrogens is 414 g/mol. The molecule has 0 N–H and O–H groups in total. The van der Waals surface area contributed by atoms with Crippen molar-refractivity contribution in [2.75, 3.05) is 26.3 Å². The van der Waals surface area contributed by atoms with Gasteiger partial charge in [0.2, 0.25) is 0 Å². The number of piperidine rings is 1. The van der Waals surface area contributed by atoms with E-state index in [9.17, 15) is 4.79 Å². The van der Waals surface area contributed by atoms with Crippen molar-refractivity contribution in [2.24, 2.45) is 12.5 Å². The van der Waals surface area contributed by atoms with Crippen LogP contribution in [0.25, 0.3) is 11.3 Å². The van der Waals surface area contributed by atoms with Crippen LogP contribution in [0.4, 0.5) is 0 Å². The molecule has 4 rings (SSSR count). The Hall–Kier alpha value is -3.12. The number of aryl methyl sites for hydroxylation is 1. The maximum Gasteiger partial charge on any atom is 0.312 e. The predicted octanol–water partition coefficient (Wildman–Crippen LogP) is 4.70. The second kappa shape index (κ2) is 10.7. The molecule has 6 heteroatoms. The molecule has 174 valence electrons. The third-order valence-electron chi connectivity index (χ3n) is 6.46. The number of rotatable bonds is 9. The molecule has 1 fully saturated rings. The molecule has 1 aromatic heterocycles. The van der Waals surface area contributed by atoms with E-state index in [0.29, 0.717) is 19.6 Å². The summed E-state index contributed by atoms with van der Waals surface area (Å²) >= 11 is 0. The molecule has 0 saturated carbocycles. The zero-order valence-corrected chi connectivity index (χ0v) is 19.6. The molecule has 1 aliphatic heterocycles. The van der Waals surface area contributed by atoms with Gasteiger partial charge in [-0.15, -0.1) is 0 Å². The van der Waals surface area contributed by atoms with Crippen molar-refractivity contribution in [3.05, 3.63) is 72.4 Å². The third-order valence-corrected chi connectivity index (χ3v) is 6.46. The molecule has 0 aliphatic carbocycles. The number of carbonyl (C=O) groups excluding carboxylic acids is 1. The molecular formula is C27H33N3O3. The Kier molecular flexibility index (Phi) is 7.45. The smallest absolute Gasteiger partial charge is 0.312 e. The van der Waals surface area contributed by atoms with Gasteiger partial charge in [-0.05, 0) is 51.4 Å². The second-order valence-corrected chi connectivity index (χ2v) is 8.73. The van der Waals surface area contributed by atoms with Crippen molar-refractivity contribution in [1.29, 1.82) is 0 Å². The van der Waals surface area contributed by atoms with Crippen LogP contribution in [-0.4, -0.2) is 47.0 Å². The molecule has 0 spiro atoms. The van der Waals surface area contributed by atoms with Crippen LogP contribution >= 0.6 is 0 Å². The van der Waals surface area contributed by atoms with Crippen LogP contribution in [0.3, 0.4) is 0 Å². The van der Waals surface area contributed by atoms with Crippen LogP contribution in [-0.2, 0) is 23.1 Å². The Balaban J connectivity index is 1.41. The Bertz CT molecular complexity index is 1030. The lowest BCUT2D eigenvalue weighted by molar-refractivity contribution is -0.159. The Morgan fingerprint density at radius 3 is 2.36 bits per heavy atom. The Labute approximate surface area is 196 Å². The monoisotopic (exact) mass is 447 g/mol. The number of hydrogen-bond acceptors (Lipinski definition) is 5. The number of carbonyl (C=O) groups is 1. The van der Waals surface area contributed by atoms with Crippen molar-refractivity contribution < 1.29 is 14.3 Å². The molecule has 1 aliphatic rings. The zero-order chi connectivity index (χ0) is 23.1. The summed E-state index contributed by atoms with van der Waals surface area (Å²) in [5.41, 5.74) is 2.87. The number of likely N-dealkylation sites (tertiary alicyclic amines) is 1. The van der Waals surface area contributed by atoms with Gasteiger partial charge in [0.15, 0.2) is 0 Å². The molecule has 0 amide bonds. The molecule has 0 atom stereocenters. The van der Waals surface area contributed by atoms with Gasteiger partial charge in [-0.1, -0.05) is 48.5 Å². The van der Waals surface area contributed by atoms with Gasteiger partial charge >= 0.3 is 5.97 Å². The first-order chi connectivity index (χ1) is 16.1. The molecule has 2 heterocycles. The molecule has 6 nitrogen and oxygen atoms in total. The highest BCUT2D eigenvalue weighted by Gasteiger charge is 2.42. The number of aromatic nitrogens is 2. The summed E-state index contributed by atoms with van der Waals surface area (Å²) in [6.45, 7) is 5.27. The minimum Gasteiger partial charge on any atom is -0.494 e. The quantitative estimate of drug-likeness (QED) is 0.445. The minimum atomic E-state index is -0.488. The highest BCUT2D eigenvalue weighted by molar-refractivity contribution is 5.77. The fraction of sp³-hybridized carbons (Fsp3) is 0.407. The van der Waals surface area contributed by atoms with Crippen molar-refractivity contribution >= 4 is 5.97 Å². The number of hydrogen-bond donors (Lipinski definition) is 0. The Morgan fingerprint density at radius 2 is 1.70 bits per heavy atom. The molecule has 0 radical (unpaired) electrons. The van der Waals surface area contributed by atoms with E-state index in [1.54, 1.807) is 0 Å². The maximum absolute atomic E-state index is 13.0. The summed E-state index contributed by atoms with van der Waals surface area (Å²) in [7, 11) is 1.96. The maximum atomic E-state index is 13.0. The van der Waals surface area contributed by atoms with Gasteiger partial charge in [-0.3, -0.25) is 14.4 Å². The fourth-order valence-electron chi connectivity index (χ4n) is 4.59. The fourth-order valence-corrected chi connectivity index (χ4v) is 4.59. The minimum absolute atomic E-state index is 0.0901. The third kappa shape index (κ3) is 5.63. The van der Waals surface area contributed by atoms with Crippen molar-refractivity contribution in [2.45, 2.75) is 32.7 Å². The van der Waals surface area contributed by atoms with Gasteiger partial charge in [0, 0.05) is 30.9 Å². The summed E-state index contributed by atoms with van der Waals surface area (Å²) in [5.74, 6) is 0.742. The van der Waals surface area contributed by atoms with E-state index in [0.717, 1.165) is 49.5 Å². The predicted molar refractivity (Wildman–Crippen MR) is 129 cm³/mol. The standard InChI is InChI=1S/C27H33N3O3/c1-3-32-26(31)27(16-19-33-24-12-8-5-9-13-24)14-17-30(18-15-27)21-23-20-29(2)28-25(23)22-10-6-4-7-11-22/h4-13,20H,3,14-19,21H2,1-2H3. The zero-order valence-electron chi connectivity index (χ0n) is 19.6. The van der Waals surface area contributed by atoms with Crippen LogP contribution in [0.15, 0.2) is 66.9 Å². The van der Waals surface area contributed by atoms with Gasteiger partial charge in [0.25, 0.3) is 0 Å². The van der Waals surface area contributed by atoms with E-state index in [1.165, 1.54) is 5.56 Å². The van der Waals surface area contributed by atoms with Crippen molar-refractivity contribution in [1.82, 2.24) is 14.7 Å². The molecule has 33 heavy (non-hydrogen) atoms. The van der Waals surface area contributed by atoms with Crippen LogP contribution < -0.4 is 4.74 Å². The van der Waals surface area contributed by atoms with Crippen molar-refractivity contribution in [3.8, 4) is 17.0 Å². The highest BCUT2D eigenvalue weighted by atomic mass is 16.5. The summed E-state index contributed by atoms with van der Waals surface area (Å²) in [4.78, 5) is 15.4. The first-order valence-electron chi connectivity index (χ1n) is 11.7. The number of para-hydroxylation sites is 1. The number of nitrogens with zero attached hydrogens (tertiary/aromatic N) is 3. The van der Waals surface area contributed by atoms with Gasteiger partial charge in [0.1, 0.15) is 5.75 Å². The van der Waals surface area contributed by atoms with Crippen molar-refractivity contribution in [3.63, 3.8) is 0 Å². The average molecular weight is 448 g/mol. The number of ether oxygens (including phenoxy) is 2. The van der Waals surface area contributed by atoms with Crippen LogP contribution in [0.1, 0.15) is 31.7 Å². The van der Waals surface area contributed by atoms with E-state index in [2.05, 4.69) is 23.2 Å². The van der Waals surface area contributed by atoms with Gasteiger partial charge < -0.3 is 9.47 Å². The summed E-state index contributed by atoms with van der Waals surface area (Å²) in [6.07, 6.45) is 4.30. The van der Waals surface area contributed by atoms with Gasteiger partial charge in [-0.2, -0.15) is 5.10 Å². The first-order valence-corrected chi connectivity index (χ1v) is 11.7. The van der Waals surface area contributed by atoms with E-state index in [1.807, 2.05) is 67.2 Å². The number of esters is 1. The molecule has 3 aromatic rings. The normalized spacial score (nSPS) is 15.8. The van der Waals surface area contributed by atoms with Crippen LogP contribution in [0.2, 0.25) is 0 Å². The van der Waals surface area contributed by atoms with Gasteiger partial charge in [-0.25, -0.2) is 0 Å². The van der Waals surface area contributed by atoms with E-state index in [-0.39, 0.29) is 5.97 Å². The average Bonchev–Trinajstić information content (AvgIpc) is 3.21. The topological polar surface area (TPSA) is 56.6 Å².